The molecular weight excluding hydrogens is 310 g/mol. The number of anilines is 1. The SMILES string of the molecule is Cc1ccc(NC(CO)c2cc(Br)c(C)s2)cc1. The van der Waals surface area contributed by atoms with Crippen LogP contribution in [0.3, 0.4) is 0 Å². The van der Waals surface area contributed by atoms with E-state index in [4.69, 9.17) is 0 Å². The first-order chi connectivity index (χ1) is 8.60. The summed E-state index contributed by atoms with van der Waals surface area (Å²) in [5.41, 5.74) is 2.26. The van der Waals surface area contributed by atoms with Gasteiger partial charge in [0.25, 0.3) is 0 Å². The highest BCUT2D eigenvalue weighted by atomic mass is 79.9. The highest BCUT2D eigenvalue weighted by Crippen LogP contribution is 2.32. The fraction of sp³-hybridized carbons (Fsp3) is 0.286. The average Bonchev–Trinajstić information content (AvgIpc) is 2.69. The van der Waals surface area contributed by atoms with Crippen molar-refractivity contribution in [3.05, 3.63) is 50.1 Å². The van der Waals surface area contributed by atoms with Gasteiger partial charge in [0.1, 0.15) is 0 Å². The number of aryl methyl sites for hydroxylation is 2. The van der Waals surface area contributed by atoms with Crippen LogP contribution in [0.4, 0.5) is 5.69 Å². The molecule has 0 aliphatic heterocycles. The summed E-state index contributed by atoms with van der Waals surface area (Å²) < 4.78 is 1.10. The van der Waals surface area contributed by atoms with Gasteiger partial charge in [0.05, 0.1) is 12.6 Å². The normalized spacial score (nSPS) is 12.4. The van der Waals surface area contributed by atoms with Crippen LogP contribution < -0.4 is 5.32 Å². The zero-order chi connectivity index (χ0) is 13.1. The van der Waals surface area contributed by atoms with Crippen molar-refractivity contribution in [1.82, 2.24) is 0 Å². The maximum absolute atomic E-state index is 9.52. The summed E-state index contributed by atoms with van der Waals surface area (Å²) in [6.45, 7) is 4.21. The molecular formula is C14H16BrNOS. The summed E-state index contributed by atoms with van der Waals surface area (Å²) in [6.07, 6.45) is 0. The third-order valence-electron chi connectivity index (χ3n) is 2.79. The lowest BCUT2D eigenvalue weighted by Crippen LogP contribution is -2.13. The van der Waals surface area contributed by atoms with Gasteiger partial charge in [-0.1, -0.05) is 17.7 Å². The molecule has 1 unspecified atom stereocenters. The molecule has 18 heavy (non-hydrogen) atoms. The lowest BCUT2D eigenvalue weighted by Gasteiger charge is -2.16. The Labute approximate surface area is 120 Å². The number of hydrogen-bond donors (Lipinski definition) is 2. The zero-order valence-corrected chi connectivity index (χ0v) is 12.8. The van der Waals surface area contributed by atoms with E-state index in [9.17, 15) is 5.11 Å². The van der Waals surface area contributed by atoms with Gasteiger partial charge >= 0.3 is 0 Å². The van der Waals surface area contributed by atoms with Crippen molar-refractivity contribution in [3.8, 4) is 0 Å². The van der Waals surface area contributed by atoms with E-state index in [1.165, 1.54) is 10.4 Å². The summed E-state index contributed by atoms with van der Waals surface area (Å²) in [7, 11) is 0. The smallest absolute Gasteiger partial charge is 0.0838 e. The highest BCUT2D eigenvalue weighted by molar-refractivity contribution is 9.10. The van der Waals surface area contributed by atoms with E-state index in [0.717, 1.165) is 15.0 Å². The molecule has 2 rings (SSSR count). The maximum Gasteiger partial charge on any atom is 0.0838 e. The van der Waals surface area contributed by atoms with Crippen molar-refractivity contribution < 1.29 is 5.11 Å². The van der Waals surface area contributed by atoms with Gasteiger partial charge < -0.3 is 10.4 Å². The Morgan fingerprint density at radius 3 is 2.44 bits per heavy atom. The third kappa shape index (κ3) is 3.13. The molecule has 96 valence electrons. The van der Waals surface area contributed by atoms with Crippen molar-refractivity contribution in [3.63, 3.8) is 0 Å². The molecule has 0 amide bonds. The van der Waals surface area contributed by atoms with Crippen LogP contribution in [0.2, 0.25) is 0 Å². The fourth-order valence-electron chi connectivity index (χ4n) is 1.71. The van der Waals surface area contributed by atoms with Crippen LogP contribution >= 0.6 is 27.3 Å². The Hall–Kier alpha value is -0.840. The minimum absolute atomic E-state index is 0.0530. The molecule has 2 N–H and O–H groups in total. The molecule has 0 radical (unpaired) electrons. The summed E-state index contributed by atoms with van der Waals surface area (Å²) >= 11 is 5.21. The molecule has 0 saturated carbocycles. The summed E-state index contributed by atoms with van der Waals surface area (Å²) in [5, 5.41) is 12.9. The number of rotatable bonds is 4. The topological polar surface area (TPSA) is 32.3 Å². The molecule has 0 fully saturated rings. The second-order valence-electron chi connectivity index (χ2n) is 4.30. The maximum atomic E-state index is 9.52. The Morgan fingerprint density at radius 1 is 1.28 bits per heavy atom. The number of thiophene rings is 1. The van der Waals surface area contributed by atoms with Gasteiger partial charge in [0, 0.05) is 19.9 Å². The summed E-state index contributed by atoms with van der Waals surface area (Å²) in [6, 6.07) is 10.2. The number of benzene rings is 1. The number of halogens is 1. The van der Waals surface area contributed by atoms with E-state index in [1.807, 2.05) is 12.1 Å². The van der Waals surface area contributed by atoms with Gasteiger partial charge in [-0.3, -0.25) is 0 Å². The van der Waals surface area contributed by atoms with Crippen LogP contribution in [0.15, 0.2) is 34.8 Å². The van der Waals surface area contributed by atoms with Crippen LogP contribution in [0.5, 0.6) is 0 Å². The largest absolute Gasteiger partial charge is 0.394 e. The van der Waals surface area contributed by atoms with Gasteiger partial charge in [0.15, 0.2) is 0 Å². The molecule has 2 aromatic rings. The monoisotopic (exact) mass is 325 g/mol. The van der Waals surface area contributed by atoms with E-state index < -0.39 is 0 Å². The van der Waals surface area contributed by atoms with Crippen LogP contribution in [0.1, 0.15) is 21.4 Å². The fourth-order valence-corrected chi connectivity index (χ4v) is 3.31. The first-order valence-corrected chi connectivity index (χ1v) is 7.41. The van der Waals surface area contributed by atoms with Gasteiger partial charge in [0.2, 0.25) is 0 Å². The average molecular weight is 326 g/mol. The summed E-state index contributed by atoms with van der Waals surface area (Å²) in [5.74, 6) is 0. The minimum atomic E-state index is -0.0530. The molecule has 1 heterocycles. The van der Waals surface area contributed by atoms with Gasteiger partial charge in [-0.2, -0.15) is 0 Å². The van der Waals surface area contributed by atoms with Gasteiger partial charge in [-0.05, 0) is 48.0 Å². The lowest BCUT2D eigenvalue weighted by atomic mass is 10.2. The third-order valence-corrected chi connectivity index (χ3v) is 5.05. The highest BCUT2D eigenvalue weighted by Gasteiger charge is 2.14. The van der Waals surface area contributed by atoms with Crippen LogP contribution in [-0.4, -0.2) is 11.7 Å². The molecule has 0 aliphatic carbocycles. The first-order valence-electron chi connectivity index (χ1n) is 5.80. The van der Waals surface area contributed by atoms with Crippen molar-refractivity contribution in [2.45, 2.75) is 19.9 Å². The Balaban J connectivity index is 2.16. The van der Waals surface area contributed by atoms with Gasteiger partial charge in [-0.25, -0.2) is 0 Å². The molecule has 1 aromatic heterocycles. The summed E-state index contributed by atoms with van der Waals surface area (Å²) in [4.78, 5) is 2.37. The van der Waals surface area contributed by atoms with Crippen LogP contribution in [0.25, 0.3) is 0 Å². The second-order valence-corrected chi connectivity index (χ2v) is 6.44. The standard InChI is InChI=1S/C14H16BrNOS/c1-9-3-5-11(6-4-9)16-13(8-17)14-7-12(15)10(2)18-14/h3-7,13,16-17H,8H2,1-2H3. The van der Waals surface area contributed by atoms with Crippen LogP contribution in [0, 0.1) is 13.8 Å². The van der Waals surface area contributed by atoms with Crippen molar-refractivity contribution in [2.24, 2.45) is 0 Å². The molecule has 1 aromatic carbocycles. The van der Waals surface area contributed by atoms with E-state index in [2.05, 4.69) is 53.3 Å². The van der Waals surface area contributed by atoms with Crippen molar-refractivity contribution in [1.29, 1.82) is 0 Å². The zero-order valence-electron chi connectivity index (χ0n) is 10.4. The molecule has 1 atom stereocenters. The number of nitrogens with one attached hydrogen (secondary N) is 1. The molecule has 0 bridgehead atoms. The number of aliphatic hydroxyl groups is 1. The molecule has 2 nitrogen and oxygen atoms in total. The van der Waals surface area contributed by atoms with E-state index >= 15 is 0 Å². The molecule has 0 aliphatic rings. The first kappa shape index (κ1) is 13.6. The second kappa shape index (κ2) is 5.87. The van der Waals surface area contributed by atoms with Crippen molar-refractivity contribution in [2.75, 3.05) is 11.9 Å². The number of hydrogen-bond acceptors (Lipinski definition) is 3. The Morgan fingerprint density at radius 2 is 1.94 bits per heavy atom. The van der Waals surface area contributed by atoms with E-state index in [1.54, 1.807) is 11.3 Å². The van der Waals surface area contributed by atoms with Crippen LogP contribution in [-0.2, 0) is 0 Å². The van der Waals surface area contributed by atoms with E-state index in [-0.39, 0.29) is 12.6 Å². The predicted octanol–water partition coefficient (Wildman–Crippen LogP) is 4.27. The lowest BCUT2D eigenvalue weighted by molar-refractivity contribution is 0.278. The Kier molecular flexibility index (Phi) is 4.43. The number of aliphatic hydroxyl groups excluding tert-OH is 1. The van der Waals surface area contributed by atoms with Crippen molar-refractivity contribution >= 4 is 33.0 Å². The predicted molar refractivity (Wildman–Crippen MR) is 81.4 cm³/mol. The molecule has 0 spiro atoms. The molecule has 0 saturated heterocycles. The quantitative estimate of drug-likeness (QED) is 0.879. The molecule has 4 heteroatoms. The Bertz CT molecular complexity index is 502. The van der Waals surface area contributed by atoms with E-state index in [0.29, 0.717) is 0 Å². The minimum Gasteiger partial charge on any atom is -0.394 e. The van der Waals surface area contributed by atoms with Gasteiger partial charge in [-0.15, -0.1) is 11.3 Å².